The lowest BCUT2D eigenvalue weighted by Crippen LogP contribution is -2.41. The molecular formula is C25H26N6O. The molecule has 1 amide bonds. The summed E-state index contributed by atoms with van der Waals surface area (Å²) in [5.41, 5.74) is 10.6. The number of carbonyl (C=O) groups excluding carboxylic acids is 1. The standard InChI is InChI=1S/C25H26N6O/c1-17-11-18-5-2-3-7-23(18)31(17)16-24(32)30-10-4-6-20(15-30)22-9-8-19(12-27-22)21-13-28-25(26)29-14-21/h2-3,5,7-9,11-14,20H,4,6,10,15-16H2,1H3,(H2,26,28,29)/t20-/m0/s1. The average molecular weight is 427 g/mol. The Morgan fingerprint density at radius 1 is 1.06 bits per heavy atom. The zero-order chi connectivity index (χ0) is 22.1. The molecule has 1 fully saturated rings. The van der Waals surface area contributed by atoms with Crippen LogP contribution in [0.25, 0.3) is 22.0 Å². The minimum absolute atomic E-state index is 0.162. The predicted octanol–water partition coefficient (Wildman–Crippen LogP) is 3.79. The first-order valence-electron chi connectivity index (χ1n) is 10.9. The summed E-state index contributed by atoms with van der Waals surface area (Å²) in [5, 5.41) is 1.17. The van der Waals surface area contributed by atoms with Gasteiger partial charge in [0.2, 0.25) is 11.9 Å². The van der Waals surface area contributed by atoms with Gasteiger partial charge < -0.3 is 15.2 Å². The molecule has 5 rings (SSSR count). The van der Waals surface area contributed by atoms with Crippen LogP contribution in [0.3, 0.4) is 0 Å². The van der Waals surface area contributed by atoms with Gasteiger partial charge in [-0.3, -0.25) is 9.78 Å². The fourth-order valence-electron chi connectivity index (χ4n) is 4.54. The van der Waals surface area contributed by atoms with Gasteiger partial charge >= 0.3 is 0 Å². The minimum atomic E-state index is 0.162. The first-order chi connectivity index (χ1) is 15.6. The third-order valence-corrected chi connectivity index (χ3v) is 6.29. The van der Waals surface area contributed by atoms with Crippen LogP contribution in [0.5, 0.6) is 0 Å². The molecule has 32 heavy (non-hydrogen) atoms. The Morgan fingerprint density at radius 2 is 1.84 bits per heavy atom. The molecule has 4 aromatic rings. The van der Waals surface area contributed by atoms with Crippen molar-refractivity contribution < 1.29 is 4.79 Å². The Morgan fingerprint density at radius 3 is 2.62 bits per heavy atom. The summed E-state index contributed by atoms with van der Waals surface area (Å²) in [7, 11) is 0. The van der Waals surface area contributed by atoms with Gasteiger partial charge in [0, 0.05) is 65.6 Å². The highest BCUT2D eigenvalue weighted by Gasteiger charge is 2.26. The third-order valence-electron chi connectivity index (χ3n) is 6.29. The number of nitrogen functional groups attached to an aromatic ring is 1. The molecule has 7 nitrogen and oxygen atoms in total. The molecule has 1 atom stereocenters. The molecule has 1 aliphatic heterocycles. The van der Waals surface area contributed by atoms with Crippen molar-refractivity contribution >= 4 is 22.8 Å². The van der Waals surface area contributed by atoms with E-state index in [9.17, 15) is 4.79 Å². The lowest BCUT2D eigenvalue weighted by molar-refractivity contribution is -0.133. The molecule has 0 bridgehead atoms. The topological polar surface area (TPSA) is 89.9 Å². The van der Waals surface area contributed by atoms with Crippen LogP contribution in [0.15, 0.2) is 61.1 Å². The van der Waals surface area contributed by atoms with Crippen LogP contribution < -0.4 is 5.73 Å². The van der Waals surface area contributed by atoms with Gasteiger partial charge in [0.25, 0.3) is 0 Å². The van der Waals surface area contributed by atoms with Crippen molar-refractivity contribution in [1.82, 2.24) is 24.4 Å². The van der Waals surface area contributed by atoms with Crippen LogP contribution in [0.4, 0.5) is 5.95 Å². The van der Waals surface area contributed by atoms with Crippen LogP contribution in [0, 0.1) is 6.92 Å². The lowest BCUT2D eigenvalue weighted by atomic mass is 9.93. The van der Waals surface area contributed by atoms with Crippen molar-refractivity contribution in [2.24, 2.45) is 0 Å². The minimum Gasteiger partial charge on any atom is -0.368 e. The van der Waals surface area contributed by atoms with Crippen molar-refractivity contribution in [3.05, 3.63) is 72.4 Å². The summed E-state index contributed by atoms with van der Waals surface area (Å²) in [5.74, 6) is 0.662. The van der Waals surface area contributed by atoms with Crippen molar-refractivity contribution in [2.45, 2.75) is 32.2 Å². The molecule has 1 aliphatic rings. The quantitative estimate of drug-likeness (QED) is 0.536. The number of likely N-dealkylation sites (tertiary alicyclic amines) is 1. The van der Waals surface area contributed by atoms with Crippen molar-refractivity contribution in [3.63, 3.8) is 0 Å². The highest BCUT2D eigenvalue weighted by Crippen LogP contribution is 2.28. The van der Waals surface area contributed by atoms with E-state index in [-0.39, 0.29) is 17.8 Å². The van der Waals surface area contributed by atoms with Gasteiger partial charge in [-0.2, -0.15) is 0 Å². The predicted molar refractivity (Wildman–Crippen MR) is 125 cm³/mol. The van der Waals surface area contributed by atoms with E-state index in [1.165, 1.54) is 5.39 Å². The number of hydrogen-bond acceptors (Lipinski definition) is 5. The maximum absolute atomic E-state index is 13.2. The summed E-state index contributed by atoms with van der Waals surface area (Å²) in [6.45, 7) is 3.93. The zero-order valence-corrected chi connectivity index (χ0v) is 18.1. The number of nitrogens with two attached hydrogens (primary N) is 1. The maximum Gasteiger partial charge on any atom is 0.242 e. The number of amides is 1. The number of benzene rings is 1. The normalized spacial score (nSPS) is 16.4. The summed E-state index contributed by atoms with van der Waals surface area (Å²) in [6.07, 6.45) is 7.27. The van der Waals surface area contributed by atoms with Crippen LogP contribution in [0.2, 0.25) is 0 Å². The molecule has 0 spiro atoms. The first kappa shape index (κ1) is 20.2. The molecule has 0 saturated carbocycles. The lowest BCUT2D eigenvalue weighted by Gasteiger charge is -2.33. The maximum atomic E-state index is 13.2. The summed E-state index contributed by atoms with van der Waals surface area (Å²) >= 11 is 0. The van der Waals surface area contributed by atoms with Crippen molar-refractivity contribution in [1.29, 1.82) is 0 Å². The van der Waals surface area contributed by atoms with Crippen LogP contribution in [0.1, 0.15) is 30.1 Å². The Labute approximate surface area is 186 Å². The van der Waals surface area contributed by atoms with E-state index in [1.807, 2.05) is 35.4 Å². The van der Waals surface area contributed by atoms with Crippen molar-refractivity contribution in [3.8, 4) is 11.1 Å². The summed E-state index contributed by atoms with van der Waals surface area (Å²) in [4.78, 5) is 27.9. The molecule has 0 radical (unpaired) electrons. The van der Waals surface area contributed by atoms with Crippen LogP contribution >= 0.6 is 0 Å². The number of carbonyl (C=O) groups is 1. The average Bonchev–Trinajstić information content (AvgIpc) is 3.14. The highest BCUT2D eigenvalue weighted by molar-refractivity contribution is 5.84. The summed E-state index contributed by atoms with van der Waals surface area (Å²) in [6, 6.07) is 14.4. The molecule has 0 unspecified atom stereocenters. The number of aromatic nitrogens is 4. The number of rotatable bonds is 4. The monoisotopic (exact) mass is 426 g/mol. The zero-order valence-electron chi connectivity index (χ0n) is 18.1. The van der Waals surface area contributed by atoms with Gasteiger partial charge in [0.15, 0.2) is 0 Å². The molecule has 1 aromatic carbocycles. The molecule has 162 valence electrons. The number of para-hydroxylation sites is 1. The van der Waals surface area contributed by atoms with Crippen LogP contribution in [-0.2, 0) is 11.3 Å². The molecule has 7 heteroatoms. The largest absolute Gasteiger partial charge is 0.368 e. The van der Waals surface area contributed by atoms with Gasteiger partial charge in [-0.1, -0.05) is 24.3 Å². The summed E-state index contributed by atoms with van der Waals surface area (Å²) < 4.78 is 2.11. The SMILES string of the molecule is Cc1cc2ccccc2n1CC(=O)N1CCC[C@H](c2ccc(-c3cnc(N)nc3)cn2)C1. The number of anilines is 1. The first-order valence-corrected chi connectivity index (χ1v) is 10.9. The molecule has 2 N–H and O–H groups in total. The number of piperidine rings is 1. The van der Waals surface area contributed by atoms with Gasteiger partial charge in [0.1, 0.15) is 6.54 Å². The molecular weight excluding hydrogens is 400 g/mol. The van der Waals surface area contributed by atoms with E-state index >= 15 is 0 Å². The Bertz CT molecular complexity index is 1250. The van der Waals surface area contributed by atoms with E-state index in [4.69, 9.17) is 10.7 Å². The van der Waals surface area contributed by atoms with Crippen molar-refractivity contribution in [2.75, 3.05) is 18.8 Å². The number of nitrogens with zero attached hydrogens (tertiary/aromatic N) is 5. The van der Waals surface area contributed by atoms with E-state index < -0.39 is 0 Å². The number of aryl methyl sites for hydroxylation is 1. The van der Waals surface area contributed by atoms with E-state index in [0.717, 1.165) is 47.4 Å². The number of hydrogen-bond donors (Lipinski definition) is 1. The smallest absolute Gasteiger partial charge is 0.242 e. The Kier molecular flexibility index (Phi) is 5.31. The number of fused-ring (bicyclic) bond motifs is 1. The van der Waals surface area contributed by atoms with Gasteiger partial charge in [-0.05, 0) is 43.4 Å². The van der Waals surface area contributed by atoms with E-state index in [2.05, 4.69) is 39.7 Å². The second-order valence-corrected chi connectivity index (χ2v) is 8.41. The van der Waals surface area contributed by atoms with Gasteiger partial charge in [-0.25, -0.2) is 9.97 Å². The third kappa shape index (κ3) is 3.93. The fourth-order valence-corrected chi connectivity index (χ4v) is 4.54. The van der Waals surface area contributed by atoms with Crippen LogP contribution in [-0.4, -0.2) is 43.4 Å². The molecule has 4 heterocycles. The van der Waals surface area contributed by atoms with Gasteiger partial charge in [0.05, 0.1) is 0 Å². The van der Waals surface area contributed by atoms with E-state index in [1.54, 1.807) is 12.4 Å². The Balaban J connectivity index is 1.29. The second kappa shape index (κ2) is 8.42. The Hall–Kier alpha value is -3.74. The molecule has 0 aliphatic carbocycles. The fraction of sp³-hybridized carbons (Fsp3) is 0.280. The molecule has 1 saturated heterocycles. The number of pyridine rings is 1. The second-order valence-electron chi connectivity index (χ2n) is 8.41. The van der Waals surface area contributed by atoms with E-state index in [0.29, 0.717) is 13.1 Å². The highest BCUT2D eigenvalue weighted by atomic mass is 16.2. The molecule has 3 aromatic heterocycles. The van der Waals surface area contributed by atoms with Gasteiger partial charge in [-0.15, -0.1) is 0 Å².